The largest absolute Gasteiger partial charge is 0.477 e. The predicted octanol–water partition coefficient (Wildman–Crippen LogP) is 1.11. The number of likely N-dealkylation sites (tertiary alicyclic amines) is 1. The van der Waals surface area contributed by atoms with Crippen molar-refractivity contribution in [1.29, 1.82) is 0 Å². The summed E-state index contributed by atoms with van der Waals surface area (Å²) in [5.74, 6) is -3.03. The van der Waals surface area contributed by atoms with Crippen molar-refractivity contribution in [3.8, 4) is 0 Å². The molecule has 2 heterocycles. The van der Waals surface area contributed by atoms with E-state index in [-0.39, 0.29) is 30.0 Å². The molecular formula is C21H16N2O6. The summed E-state index contributed by atoms with van der Waals surface area (Å²) in [7, 11) is 0. The van der Waals surface area contributed by atoms with Gasteiger partial charge >= 0.3 is 5.97 Å². The molecule has 0 aromatic heterocycles. The van der Waals surface area contributed by atoms with Gasteiger partial charge in [-0.3, -0.25) is 19.3 Å². The molecule has 4 rings (SSSR count). The number of β-lactam (4-membered cyclic amide) rings is 1. The van der Waals surface area contributed by atoms with Gasteiger partial charge < -0.3 is 15.1 Å². The minimum atomic E-state index is -1.30. The highest BCUT2D eigenvalue weighted by molar-refractivity contribution is 6.23. The zero-order valence-electron chi connectivity index (χ0n) is 15.1. The van der Waals surface area contributed by atoms with Crippen LogP contribution in [0.3, 0.4) is 0 Å². The molecule has 146 valence electrons. The number of hydrogen-bond donors (Lipinski definition) is 2. The highest BCUT2D eigenvalue weighted by Gasteiger charge is 2.51. The molecule has 0 saturated carbocycles. The number of imide groups is 1. The molecule has 0 bridgehead atoms. The summed E-state index contributed by atoms with van der Waals surface area (Å²) in [5.41, 5.74) is 1.43. The summed E-state index contributed by atoms with van der Waals surface area (Å²) in [4.78, 5) is 51.4. The first-order chi connectivity index (χ1) is 13.9. The molecule has 2 aromatic rings. The number of rotatable bonds is 5. The summed E-state index contributed by atoms with van der Waals surface area (Å²) in [6.45, 7) is -0.223. The van der Waals surface area contributed by atoms with Gasteiger partial charge in [0, 0.05) is 0 Å². The number of carbonyl (C=O) groups excluding carboxylic acids is 3. The van der Waals surface area contributed by atoms with Crippen LogP contribution in [0.4, 0.5) is 0 Å². The molecular weight excluding hydrogens is 376 g/mol. The topological polar surface area (TPSA) is 115 Å². The van der Waals surface area contributed by atoms with Gasteiger partial charge in [-0.15, -0.1) is 0 Å². The van der Waals surface area contributed by atoms with E-state index in [4.69, 9.17) is 5.11 Å². The Morgan fingerprint density at radius 1 is 1.00 bits per heavy atom. The van der Waals surface area contributed by atoms with Gasteiger partial charge in [0.1, 0.15) is 11.7 Å². The van der Waals surface area contributed by atoms with E-state index in [0.717, 1.165) is 9.80 Å². The Hall–Kier alpha value is -3.78. The Bertz CT molecular complexity index is 1040. The minimum Gasteiger partial charge on any atom is -0.477 e. The minimum absolute atomic E-state index is 0.0862. The van der Waals surface area contributed by atoms with E-state index in [1.54, 1.807) is 36.4 Å². The lowest BCUT2D eigenvalue weighted by Crippen LogP contribution is -2.65. The van der Waals surface area contributed by atoms with Gasteiger partial charge in [0.15, 0.2) is 0 Å². The number of aliphatic hydroxyl groups excluding tert-OH is 1. The molecule has 1 unspecified atom stereocenters. The number of nitrogens with zero attached hydrogens (tertiary/aromatic N) is 2. The molecule has 0 aliphatic carbocycles. The second kappa shape index (κ2) is 6.99. The van der Waals surface area contributed by atoms with E-state index in [9.17, 15) is 24.3 Å². The molecule has 2 aromatic carbocycles. The van der Waals surface area contributed by atoms with E-state index >= 15 is 0 Å². The van der Waals surface area contributed by atoms with Gasteiger partial charge in [-0.1, -0.05) is 36.4 Å². The van der Waals surface area contributed by atoms with E-state index < -0.39 is 29.7 Å². The van der Waals surface area contributed by atoms with Gasteiger partial charge in [-0.25, -0.2) is 4.79 Å². The first kappa shape index (κ1) is 18.6. The average Bonchev–Trinajstić information content (AvgIpc) is 2.97. The van der Waals surface area contributed by atoms with Gasteiger partial charge in [0.05, 0.1) is 24.3 Å². The van der Waals surface area contributed by atoms with Crippen molar-refractivity contribution in [1.82, 2.24) is 9.80 Å². The van der Waals surface area contributed by atoms with E-state index in [1.165, 1.54) is 18.2 Å². The first-order valence-corrected chi connectivity index (χ1v) is 8.85. The van der Waals surface area contributed by atoms with Crippen LogP contribution in [0.25, 0.3) is 6.08 Å². The maximum Gasteiger partial charge on any atom is 0.352 e. The molecule has 1 atom stereocenters. The van der Waals surface area contributed by atoms with E-state index in [1.807, 2.05) is 0 Å². The molecule has 1 fully saturated rings. The summed E-state index contributed by atoms with van der Waals surface area (Å²) in [6, 6.07) is 11.8. The molecule has 29 heavy (non-hydrogen) atoms. The summed E-state index contributed by atoms with van der Waals surface area (Å²) in [5, 5.41) is 18.6. The Kier molecular flexibility index (Phi) is 4.48. The molecule has 2 aliphatic rings. The van der Waals surface area contributed by atoms with Crippen LogP contribution in [0.2, 0.25) is 0 Å². The van der Waals surface area contributed by atoms with Crippen LogP contribution >= 0.6 is 0 Å². The normalized spacial score (nSPS) is 18.7. The number of fused-ring (bicyclic) bond motifs is 1. The number of carboxylic acids is 1. The number of hydrogen-bond acceptors (Lipinski definition) is 5. The second-order valence-corrected chi connectivity index (χ2v) is 6.72. The van der Waals surface area contributed by atoms with E-state index in [2.05, 4.69) is 0 Å². The third kappa shape index (κ3) is 2.99. The highest BCUT2D eigenvalue weighted by atomic mass is 16.4. The van der Waals surface area contributed by atoms with Gasteiger partial charge in [0.25, 0.3) is 17.7 Å². The summed E-state index contributed by atoms with van der Waals surface area (Å²) < 4.78 is 0. The Morgan fingerprint density at radius 2 is 1.59 bits per heavy atom. The smallest absolute Gasteiger partial charge is 0.352 e. The Balaban J connectivity index is 1.56. The van der Waals surface area contributed by atoms with Crippen molar-refractivity contribution in [2.75, 3.05) is 6.54 Å². The average molecular weight is 392 g/mol. The fourth-order valence-corrected chi connectivity index (χ4v) is 3.44. The van der Waals surface area contributed by atoms with Crippen LogP contribution in [0.15, 0.2) is 54.2 Å². The van der Waals surface area contributed by atoms with Crippen molar-refractivity contribution in [2.45, 2.75) is 12.6 Å². The first-order valence-electron chi connectivity index (χ1n) is 8.85. The third-order valence-electron chi connectivity index (χ3n) is 5.02. The van der Waals surface area contributed by atoms with Crippen molar-refractivity contribution in [2.24, 2.45) is 0 Å². The standard InChI is InChI=1S/C21H16N2O6/c24-11-13-7-5-12(6-8-13)9-16(21(28)29)22-10-17(20(22)27)23-18(25)14-3-1-2-4-15(14)19(23)26/h1-9,17,24H,10-11H2,(H,28,29). The monoisotopic (exact) mass is 392 g/mol. The number of carbonyl (C=O) groups is 4. The fraction of sp³-hybridized carbons (Fsp3) is 0.143. The van der Waals surface area contributed by atoms with Crippen molar-refractivity contribution in [3.05, 3.63) is 76.5 Å². The van der Waals surface area contributed by atoms with Gasteiger partial charge in [-0.2, -0.15) is 0 Å². The van der Waals surface area contributed by atoms with Crippen LogP contribution in [-0.2, 0) is 16.2 Å². The van der Waals surface area contributed by atoms with Gasteiger partial charge in [0.2, 0.25) is 0 Å². The quantitative estimate of drug-likeness (QED) is 0.448. The summed E-state index contributed by atoms with van der Waals surface area (Å²) in [6.07, 6.45) is 1.33. The Morgan fingerprint density at radius 3 is 2.07 bits per heavy atom. The molecule has 2 N–H and O–H groups in total. The molecule has 8 heteroatoms. The predicted molar refractivity (Wildman–Crippen MR) is 100 cm³/mol. The summed E-state index contributed by atoms with van der Waals surface area (Å²) >= 11 is 0. The lowest BCUT2D eigenvalue weighted by molar-refractivity contribution is -0.149. The van der Waals surface area contributed by atoms with Crippen LogP contribution in [0.1, 0.15) is 31.8 Å². The SMILES string of the molecule is O=C(O)C(=Cc1ccc(CO)cc1)N1CC(N2C(=O)c3ccccc3C2=O)C1=O. The highest BCUT2D eigenvalue weighted by Crippen LogP contribution is 2.31. The second-order valence-electron chi connectivity index (χ2n) is 6.72. The van der Waals surface area contributed by atoms with Crippen LogP contribution in [0, 0.1) is 0 Å². The zero-order chi connectivity index (χ0) is 20.7. The fourth-order valence-electron chi connectivity index (χ4n) is 3.44. The van der Waals surface area contributed by atoms with Crippen molar-refractivity contribution < 1.29 is 29.4 Å². The molecule has 8 nitrogen and oxygen atoms in total. The molecule has 3 amide bonds. The zero-order valence-corrected chi connectivity index (χ0v) is 15.1. The molecule has 1 saturated heterocycles. The lowest BCUT2D eigenvalue weighted by atomic mass is 10.0. The molecule has 0 spiro atoms. The Labute approximate surface area is 165 Å². The van der Waals surface area contributed by atoms with Crippen LogP contribution in [-0.4, -0.2) is 56.3 Å². The van der Waals surface area contributed by atoms with E-state index in [0.29, 0.717) is 11.1 Å². The number of benzene rings is 2. The third-order valence-corrected chi connectivity index (χ3v) is 5.02. The lowest BCUT2D eigenvalue weighted by Gasteiger charge is -2.41. The van der Waals surface area contributed by atoms with Crippen molar-refractivity contribution >= 4 is 29.8 Å². The maximum atomic E-state index is 12.7. The number of aliphatic hydroxyl groups is 1. The molecule has 2 aliphatic heterocycles. The van der Waals surface area contributed by atoms with Crippen molar-refractivity contribution in [3.63, 3.8) is 0 Å². The van der Waals surface area contributed by atoms with Crippen LogP contribution in [0.5, 0.6) is 0 Å². The number of amides is 3. The number of carboxylic acid groups (broad SMARTS) is 1. The maximum absolute atomic E-state index is 12.7. The molecule has 0 radical (unpaired) electrons. The van der Waals surface area contributed by atoms with Gasteiger partial charge in [-0.05, 0) is 29.3 Å². The van der Waals surface area contributed by atoms with Crippen LogP contribution < -0.4 is 0 Å². The number of aliphatic carboxylic acids is 1.